The number of halogens is 1. The first-order valence-corrected chi connectivity index (χ1v) is 10.5. The maximum Gasteiger partial charge on any atom is 0.252 e. The van der Waals surface area contributed by atoms with Gasteiger partial charge < -0.3 is 14.5 Å². The van der Waals surface area contributed by atoms with Gasteiger partial charge in [-0.05, 0) is 52.4 Å². The second-order valence-corrected chi connectivity index (χ2v) is 7.66. The highest BCUT2D eigenvalue weighted by molar-refractivity contribution is 5.80. The van der Waals surface area contributed by atoms with Gasteiger partial charge in [-0.2, -0.15) is 0 Å². The fourth-order valence-corrected chi connectivity index (χ4v) is 3.62. The van der Waals surface area contributed by atoms with Crippen LogP contribution in [0.25, 0.3) is 10.9 Å². The third kappa shape index (κ3) is 5.60. The Hall–Kier alpha value is -3.63. The van der Waals surface area contributed by atoms with Crippen molar-refractivity contribution in [3.63, 3.8) is 0 Å². The van der Waals surface area contributed by atoms with Gasteiger partial charge in [-0.3, -0.25) is 9.69 Å². The number of hydrogen-bond donors (Lipinski definition) is 1. The molecule has 0 unspecified atom stereocenters. The van der Waals surface area contributed by atoms with E-state index in [0.717, 1.165) is 16.5 Å². The predicted octanol–water partition coefficient (Wildman–Crippen LogP) is 2.51. The van der Waals surface area contributed by atoms with E-state index in [-0.39, 0.29) is 11.4 Å². The third-order valence-corrected chi connectivity index (χ3v) is 5.32. The number of ether oxygens (including phenoxy) is 2. The number of tetrazole rings is 1. The predicted molar refractivity (Wildman–Crippen MR) is 120 cm³/mol. The van der Waals surface area contributed by atoms with Gasteiger partial charge in [-0.1, -0.05) is 12.1 Å². The minimum atomic E-state index is -0.297. The lowest BCUT2D eigenvalue weighted by atomic mass is 10.1. The summed E-state index contributed by atoms with van der Waals surface area (Å²) in [5.41, 5.74) is 2.06. The standard InChI is InChI=1S/C23H25FN6O3/c1-32-10-9-30-22(26-27-28-30)15-29(13-16-3-5-19(24)6-4-16)14-18-11-17-12-20(33-2)7-8-21(17)25-23(18)31/h3-8,11-12H,9-10,13-15H2,1-2H3,(H,25,31). The van der Waals surface area contributed by atoms with Crippen LogP contribution in [-0.4, -0.2) is 50.9 Å². The van der Waals surface area contributed by atoms with Gasteiger partial charge in [0.05, 0.1) is 26.8 Å². The number of hydrogen-bond acceptors (Lipinski definition) is 7. The van der Waals surface area contributed by atoms with E-state index in [1.807, 2.05) is 23.1 Å². The van der Waals surface area contributed by atoms with E-state index in [2.05, 4.69) is 20.5 Å². The number of methoxy groups -OCH3 is 2. The Morgan fingerprint density at radius 1 is 1.06 bits per heavy atom. The molecule has 2 aromatic carbocycles. The minimum Gasteiger partial charge on any atom is -0.497 e. The normalized spacial score (nSPS) is 11.4. The molecule has 0 aliphatic rings. The summed E-state index contributed by atoms with van der Waals surface area (Å²) < 4.78 is 25.5. The molecule has 33 heavy (non-hydrogen) atoms. The van der Waals surface area contributed by atoms with Crippen molar-refractivity contribution in [3.8, 4) is 5.75 Å². The smallest absolute Gasteiger partial charge is 0.252 e. The Bertz CT molecular complexity index is 1270. The Kier molecular flexibility index (Phi) is 7.06. The lowest BCUT2D eigenvalue weighted by Gasteiger charge is -2.22. The van der Waals surface area contributed by atoms with Crippen molar-refractivity contribution in [1.82, 2.24) is 30.1 Å². The third-order valence-electron chi connectivity index (χ3n) is 5.32. The van der Waals surface area contributed by atoms with Crippen molar-refractivity contribution in [1.29, 1.82) is 0 Å². The Morgan fingerprint density at radius 3 is 2.64 bits per heavy atom. The second kappa shape index (κ2) is 10.3. The summed E-state index contributed by atoms with van der Waals surface area (Å²) >= 11 is 0. The molecule has 1 N–H and O–H groups in total. The van der Waals surface area contributed by atoms with E-state index in [0.29, 0.717) is 49.9 Å². The molecule has 0 radical (unpaired) electrons. The molecule has 0 atom stereocenters. The van der Waals surface area contributed by atoms with E-state index in [4.69, 9.17) is 9.47 Å². The maximum absolute atomic E-state index is 13.4. The van der Waals surface area contributed by atoms with Crippen LogP contribution in [-0.2, 0) is 30.9 Å². The van der Waals surface area contributed by atoms with Crippen LogP contribution < -0.4 is 10.3 Å². The Balaban J connectivity index is 1.64. The molecule has 172 valence electrons. The lowest BCUT2D eigenvalue weighted by molar-refractivity contribution is 0.177. The van der Waals surface area contributed by atoms with Gasteiger partial charge in [0, 0.05) is 36.7 Å². The number of aromatic nitrogens is 5. The molecule has 4 rings (SSSR count). The van der Waals surface area contributed by atoms with Gasteiger partial charge >= 0.3 is 0 Å². The average molecular weight is 452 g/mol. The Labute approximate surface area is 189 Å². The highest BCUT2D eigenvalue weighted by Crippen LogP contribution is 2.20. The first kappa shape index (κ1) is 22.6. The molecule has 2 heterocycles. The van der Waals surface area contributed by atoms with Gasteiger partial charge in [0.15, 0.2) is 5.82 Å². The van der Waals surface area contributed by atoms with E-state index >= 15 is 0 Å². The molecule has 10 heteroatoms. The zero-order valence-electron chi connectivity index (χ0n) is 18.5. The van der Waals surface area contributed by atoms with Gasteiger partial charge in [-0.25, -0.2) is 9.07 Å². The number of rotatable bonds is 10. The second-order valence-electron chi connectivity index (χ2n) is 7.66. The summed E-state index contributed by atoms with van der Waals surface area (Å²) in [7, 11) is 3.22. The van der Waals surface area contributed by atoms with Crippen LogP contribution in [0.4, 0.5) is 4.39 Å². The van der Waals surface area contributed by atoms with Crippen molar-refractivity contribution in [3.05, 3.63) is 81.7 Å². The first-order valence-electron chi connectivity index (χ1n) is 10.5. The largest absolute Gasteiger partial charge is 0.497 e. The summed E-state index contributed by atoms with van der Waals surface area (Å²) in [6.07, 6.45) is 0. The van der Waals surface area contributed by atoms with Crippen molar-refractivity contribution in [2.24, 2.45) is 0 Å². The van der Waals surface area contributed by atoms with Crippen molar-refractivity contribution in [2.45, 2.75) is 26.2 Å². The fraction of sp³-hybridized carbons (Fsp3) is 0.304. The van der Waals surface area contributed by atoms with Crippen molar-refractivity contribution in [2.75, 3.05) is 20.8 Å². The number of nitrogens with one attached hydrogen (secondary N) is 1. The van der Waals surface area contributed by atoms with Crippen LogP contribution in [0, 0.1) is 5.82 Å². The summed E-state index contributed by atoms with van der Waals surface area (Å²) in [6.45, 7) is 2.20. The molecule has 0 saturated carbocycles. The molecule has 9 nitrogen and oxygen atoms in total. The van der Waals surface area contributed by atoms with Crippen molar-refractivity contribution >= 4 is 10.9 Å². The Morgan fingerprint density at radius 2 is 1.88 bits per heavy atom. The number of pyridine rings is 1. The van der Waals surface area contributed by atoms with Crippen LogP contribution in [0.2, 0.25) is 0 Å². The van der Waals surface area contributed by atoms with Crippen LogP contribution in [0.1, 0.15) is 17.0 Å². The highest BCUT2D eigenvalue weighted by Gasteiger charge is 2.16. The molecule has 0 spiro atoms. The number of aromatic amines is 1. The molecule has 4 aromatic rings. The zero-order valence-corrected chi connectivity index (χ0v) is 18.5. The summed E-state index contributed by atoms with van der Waals surface area (Å²) in [4.78, 5) is 17.8. The van der Waals surface area contributed by atoms with Gasteiger partial charge in [-0.15, -0.1) is 5.10 Å². The molecule has 0 aliphatic heterocycles. The van der Waals surface area contributed by atoms with Crippen LogP contribution in [0.5, 0.6) is 5.75 Å². The quantitative estimate of drug-likeness (QED) is 0.395. The number of H-pyrrole nitrogens is 1. The highest BCUT2D eigenvalue weighted by atomic mass is 19.1. The molecule has 0 saturated heterocycles. The van der Waals surface area contributed by atoms with Gasteiger partial charge in [0.2, 0.25) is 0 Å². The van der Waals surface area contributed by atoms with E-state index < -0.39 is 0 Å². The van der Waals surface area contributed by atoms with E-state index in [9.17, 15) is 9.18 Å². The lowest BCUT2D eigenvalue weighted by Crippen LogP contribution is -2.28. The van der Waals surface area contributed by atoms with Gasteiger partial charge in [0.25, 0.3) is 5.56 Å². The number of nitrogens with zero attached hydrogens (tertiary/aromatic N) is 5. The van der Waals surface area contributed by atoms with Crippen molar-refractivity contribution < 1.29 is 13.9 Å². The summed E-state index contributed by atoms with van der Waals surface area (Å²) in [6, 6.07) is 13.7. The molecular weight excluding hydrogens is 427 g/mol. The summed E-state index contributed by atoms with van der Waals surface area (Å²) in [5, 5.41) is 12.8. The van der Waals surface area contributed by atoms with E-state index in [1.165, 1.54) is 12.1 Å². The topological polar surface area (TPSA) is 98.2 Å². The van der Waals surface area contributed by atoms with Crippen LogP contribution >= 0.6 is 0 Å². The average Bonchev–Trinajstić information content (AvgIpc) is 3.26. The van der Waals surface area contributed by atoms with E-state index in [1.54, 1.807) is 37.1 Å². The first-order chi connectivity index (χ1) is 16.1. The van der Waals surface area contributed by atoms with Crippen LogP contribution in [0.3, 0.4) is 0 Å². The summed E-state index contributed by atoms with van der Waals surface area (Å²) in [5.74, 6) is 1.06. The molecule has 0 bridgehead atoms. The molecule has 0 amide bonds. The maximum atomic E-state index is 13.4. The van der Waals surface area contributed by atoms with Gasteiger partial charge in [0.1, 0.15) is 11.6 Å². The zero-order chi connectivity index (χ0) is 23.2. The molecule has 2 aromatic heterocycles. The monoisotopic (exact) mass is 452 g/mol. The SMILES string of the molecule is COCCn1nnnc1CN(Cc1ccc(F)cc1)Cc1cc2cc(OC)ccc2[nH]c1=O. The number of fused-ring (bicyclic) bond motifs is 1. The minimum absolute atomic E-state index is 0.171. The fourth-order valence-electron chi connectivity index (χ4n) is 3.62. The molecular formula is C23H25FN6O3. The molecule has 0 aliphatic carbocycles. The van der Waals surface area contributed by atoms with Crippen LogP contribution in [0.15, 0.2) is 53.3 Å². The molecule has 0 fully saturated rings. The number of benzene rings is 2.